The van der Waals surface area contributed by atoms with E-state index in [0.29, 0.717) is 39.6 Å². The molecule has 0 bridgehead atoms. The second-order valence-corrected chi connectivity index (χ2v) is 14.4. The lowest BCUT2D eigenvalue weighted by Crippen LogP contribution is -2.69. The second kappa shape index (κ2) is 16.7. The maximum absolute atomic E-state index is 7.24. The fraction of sp³-hybridized carbons (Fsp3) is 0.350. The lowest BCUT2D eigenvalue weighted by atomic mass is 9.89. The van der Waals surface area contributed by atoms with Crippen molar-refractivity contribution in [2.45, 2.75) is 63.1 Å². The van der Waals surface area contributed by atoms with Gasteiger partial charge in [-0.25, -0.2) is 0 Å². The minimum Gasteiger partial charge on any atom is -0.374 e. The van der Waals surface area contributed by atoms with Gasteiger partial charge in [-0.3, -0.25) is 0 Å². The molecular weight excluding hydrogens is 641 g/mol. The Bertz CT molecular complexity index is 1590. The van der Waals surface area contributed by atoms with Gasteiger partial charge in [-0.1, -0.05) is 121 Å². The molecule has 3 aliphatic rings. The van der Waals surface area contributed by atoms with E-state index in [1.807, 2.05) is 96.3 Å². The van der Waals surface area contributed by atoms with Crippen LogP contribution in [0.4, 0.5) is 0 Å². The van der Waals surface area contributed by atoms with Crippen LogP contribution in [-0.4, -0.2) is 54.9 Å². The van der Waals surface area contributed by atoms with Crippen LogP contribution in [0.1, 0.15) is 28.7 Å². The largest absolute Gasteiger partial charge is 0.374 e. The van der Waals surface area contributed by atoms with Crippen molar-refractivity contribution in [1.82, 2.24) is 0 Å². The summed E-state index contributed by atoms with van der Waals surface area (Å²) in [4.78, 5) is 2.42. The Morgan fingerprint density at radius 2 is 1.08 bits per heavy atom. The normalized spacial score (nSPS) is 25.6. The van der Waals surface area contributed by atoms with Gasteiger partial charge in [0.05, 0.1) is 44.5 Å². The molecule has 1 spiro atoms. The SMILES string of the molecule is c1ccc(COC[C@H]2O[C@]3(OCCC4=C3SCCS4)[C@H](OCc3ccccc3)[C@@H](OCc3ccccc3)[C@H]2OCc2ccccc2)cc1. The van der Waals surface area contributed by atoms with Gasteiger partial charge < -0.3 is 28.4 Å². The second-order valence-electron chi connectivity index (χ2n) is 12.1. The molecule has 4 aromatic carbocycles. The van der Waals surface area contributed by atoms with E-state index in [1.54, 1.807) is 0 Å². The number of benzene rings is 4. The van der Waals surface area contributed by atoms with Crippen LogP contribution in [0, 0.1) is 0 Å². The lowest BCUT2D eigenvalue weighted by molar-refractivity contribution is -0.367. The van der Waals surface area contributed by atoms with Crippen molar-refractivity contribution in [2.24, 2.45) is 0 Å². The highest BCUT2D eigenvalue weighted by Crippen LogP contribution is 2.52. The number of rotatable bonds is 13. The van der Waals surface area contributed by atoms with Crippen LogP contribution in [0.5, 0.6) is 0 Å². The van der Waals surface area contributed by atoms with Gasteiger partial charge in [-0.05, 0) is 22.3 Å². The fourth-order valence-corrected chi connectivity index (χ4v) is 9.09. The molecule has 0 radical (unpaired) electrons. The first-order chi connectivity index (χ1) is 23.8. The van der Waals surface area contributed by atoms with E-state index in [2.05, 4.69) is 48.5 Å². The van der Waals surface area contributed by atoms with Crippen molar-refractivity contribution in [3.63, 3.8) is 0 Å². The third-order valence-electron chi connectivity index (χ3n) is 8.75. The summed E-state index contributed by atoms with van der Waals surface area (Å²) in [5, 5.41) is 0. The van der Waals surface area contributed by atoms with Crippen LogP contribution in [0.2, 0.25) is 0 Å². The Morgan fingerprint density at radius 3 is 1.67 bits per heavy atom. The molecule has 1 saturated heterocycles. The molecule has 250 valence electrons. The first-order valence-corrected chi connectivity index (χ1v) is 18.6. The van der Waals surface area contributed by atoms with Crippen LogP contribution in [0.15, 0.2) is 131 Å². The van der Waals surface area contributed by atoms with Gasteiger partial charge in [-0.2, -0.15) is 0 Å². The fourth-order valence-electron chi connectivity index (χ4n) is 6.43. The quantitative estimate of drug-likeness (QED) is 0.140. The first-order valence-electron chi connectivity index (χ1n) is 16.7. The minimum absolute atomic E-state index is 0.302. The van der Waals surface area contributed by atoms with Crippen molar-refractivity contribution < 1.29 is 28.4 Å². The van der Waals surface area contributed by atoms with Gasteiger partial charge >= 0.3 is 0 Å². The van der Waals surface area contributed by atoms with Crippen molar-refractivity contribution in [2.75, 3.05) is 24.7 Å². The zero-order valence-electron chi connectivity index (χ0n) is 27.0. The third-order valence-corrected chi connectivity index (χ3v) is 11.5. The molecule has 4 aromatic rings. The van der Waals surface area contributed by atoms with Crippen molar-refractivity contribution in [3.05, 3.63) is 153 Å². The summed E-state index contributed by atoms with van der Waals surface area (Å²) in [5.74, 6) is 0.882. The molecule has 7 rings (SSSR count). The van der Waals surface area contributed by atoms with E-state index in [4.69, 9.17) is 28.4 Å². The number of ether oxygens (including phenoxy) is 6. The molecule has 0 unspecified atom stereocenters. The van der Waals surface area contributed by atoms with Crippen LogP contribution >= 0.6 is 23.5 Å². The zero-order valence-corrected chi connectivity index (χ0v) is 28.6. The molecule has 1 fully saturated rings. The zero-order chi connectivity index (χ0) is 32.4. The van der Waals surface area contributed by atoms with E-state index >= 15 is 0 Å². The Morgan fingerprint density at radius 1 is 0.583 bits per heavy atom. The Balaban J connectivity index is 1.27. The molecule has 0 saturated carbocycles. The van der Waals surface area contributed by atoms with Gasteiger partial charge in [0.1, 0.15) is 24.4 Å². The topological polar surface area (TPSA) is 55.4 Å². The molecule has 8 heteroatoms. The van der Waals surface area contributed by atoms with Gasteiger partial charge in [0.25, 0.3) is 0 Å². The van der Waals surface area contributed by atoms with E-state index in [-0.39, 0.29) is 0 Å². The van der Waals surface area contributed by atoms with Crippen LogP contribution in [0.3, 0.4) is 0 Å². The summed E-state index contributed by atoms with van der Waals surface area (Å²) < 4.78 is 41.3. The highest BCUT2D eigenvalue weighted by Gasteiger charge is 2.61. The molecular formula is C40H42O6S2. The number of thioether (sulfide) groups is 2. The number of hydrogen-bond acceptors (Lipinski definition) is 8. The standard InChI is InChI=1S/C40H42O6S2/c1-5-13-30(14-6-1)25-41-29-34-36(42-26-31-15-7-2-8-16-31)37(43-27-32-17-9-3-10-18-32)38(44-28-33-19-11-4-12-20-33)40(46-34)39-35(21-22-45-40)47-23-24-48-39/h1-20,34,36-38H,21-29H2/t34-,36+,37+,38-,40-/m1/s1. The highest BCUT2D eigenvalue weighted by atomic mass is 32.2. The molecule has 0 amide bonds. The van der Waals surface area contributed by atoms with Crippen molar-refractivity contribution in [1.29, 1.82) is 0 Å². The Hall–Kier alpha value is -2.92. The molecule has 6 nitrogen and oxygen atoms in total. The molecule has 5 atom stereocenters. The lowest BCUT2D eigenvalue weighted by Gasteiger charge is -2.54. The molecule has 0 aliphatic carbocycles. The van der Waals surface area contributed by atoms with Gasteiger partial charge in [0, 0.05) is 22.8 Å². The number of fused-ring (bicyclic) bond motifs is 1. The smallest absolute Gasteiger partial charge is 0.232 e. The van der Waals surface area contributed by atoms with Crippen LogP contribution in [-0.2, 0) is 54.8 Å². The van der Waals surface area contributed by atoms with E-state index in [1.165, 1.54) is 4.91 Å². The molecule has 0 aromatic heterocycles. The van der Waals surface area contributed by atoms with Gasteiger partial charge in [0.2, 0.25) is 5.79 Å². The van der Waals surface area contributed by atoms with Gasteiger partial charge in [0.15, 0.2) is 0 Å². The molecule has 3 aliphatic heterocycles. The van der Waals surface area contributed by atoms with Crippen LogP contribution in [0.25, 0.3) is 0 Å². The average molecular weight is 683 g/mol. The minimum atomic E-state index is -1.16. The maximum Gasteiger partial charge on any atom is 0.232 e. The summed E-state index contributed by atoms with van der Waals surface area (Å²) in [6, 6.07) is 41.0. The summed E-state index contributed by atoms with van der Waals surface area (Å²) in [6.45, 7) is 2.47. The average Bonchev–Trinajstić information content (AvgIpc) is 3.15. The molecule has 0 N–H and O–H groups in total. The maximum atomic E-state index is 7.24. The van der Waals surface area contributed by atoms with E-state index < -0.39 is 30.2 Å². The van der Waals surface area contributed by atoms with Gasteiger partial charge in [-0.15, -0.1) is 23.5 Å². The summed E-state index contributed by atoms with van der Waals surface area (Å²) in [7, 11) is 0. The number of hydrogen-bond donors (Lipinski definition) is 0. The predicted octanol–water partition coefficient (Wildman–Crippen LogP) is 8.17. The monoisotopic (exact) mass is 682 g/mol. The van der Waals surface area contributed by atoms with Crippen molar-refractivity contribution >= 4 is 23.5 Å². The Kier molecular flexibility index (Phi) is 11.7. The van der Waals surface area contributed by atoms with Crippen LogP contribution < -0.4 is 0 Å². The highest BCUT2D eigenvalue weighted by molar-refractivity contribution is 8.10. The molecule has 48 heavy (non-hydrogen) atoms. The van der Waals surface area contributed by atoms with Crippen molar-refractivity contribution in [3.8, 4) is 0 Å². The first kappa shape index (κ1) is 33.6. The van der Waals surface area contributed by atoms with E-state index in [9.17, 15) is 0 Å². The Labute approximate surface area is 292 Å². The predicted molar refractivity (Wildman–Crippen MR) is 191 cm³/mol. The summed E-state index contributed by atoms with van der Waals surface area (Å²) >= 11 is 3.73. The summed E-state index contributed by atoms with van der Waals surface area (Å²) in [6.07, 6.45) is -1.27. The van der Waals surface area contributed by atoms with E-state index in [0.717, 1.165) is 45.1 Å². The third kappa shape index (κ3) is 8.09. The summed E-state index contributed by atoms with van der Waals surface area (Å²) in [5.41, 5.74) is 4.32. The molecule has 3 heterocycles.